The van der Waals surface area contributed by atoms with Crippen LogP contribution in [0.5, 0.6) is 5.88 Å². The van der Waals surface area contributed by atoms with E-state index in [9.17, 15) is 4.79 Å². The van der Waals surface area contributed by atoms with Crippen molar-refractivity contribution in [1.82, 2.24) is 19.7 Å². The summed E-state index contributed by atoms with van der Waals surface area (Å²) < 4.78 is 7.99. The van der Waals surface area contributed by atoms with Crippen molar-refractivity contribution < 1.29 is 9.53 Å². The number of carbonyl (C=O) groups is 1. The molecule has 0 aliphatic rings. The van der Waals surface area contributed by atoms with E-state index in [2.05, 4.69) is 39.1 Å². The van der Waals surface area contributed by atoms with Crippen molar-refractivity contribution in [3.8, 4) is 17.0 Å². The summed E-state index contributed by atoms with van der Waals surface area (Å²) in [5, 5.41) is 7.64. The highest BCUT2D eigenvalue weighted by atomic mass is 32.1. The molecule has 31 heavy (non-hydrogen) atoms. The number of pyridine rings is 1. The molecule has 0 saturated carbocycles. The van der Waals surface area contributed by atoms with E-state index in [4.69, 9.17) is 4.74 Å². The van der Waals surface area contributed by atoms with E-state index in [1.165, 1.54) is 11.3 Å². The lowest BCUT2D eigenvalue weighted by Gasteiger charge is -2.20. The van der Waals surface area contributed by atoms with Gasteiger partial charge in [0.25, 0.3) is 5.91 Å². The predicted molar refractivity (Wildman–Crippen MR) is 124 cm³/mol. The van der Waals surface area contributed by atoms with Crippen LogP contribution in [-0.4, -0.2) is 45.9 Å². The van der Waals surface area contributed by atoms with Gasteiger partial charge >= 0.3 is 0 Å². The van der Waals surface area contributed by atoms with Crippen molar-refractivity contribution in [2.24, 2.45) is 7.05 Å². The van der Waals surface area contributed by atoms with E-state index >= 15 is 0 Å². The van der Waals surface area contributed by atoms with Crippen LogP contribution >= 0.6 is 11.3 Å². The van der Waals surface area contributed by atoms with Crippen LogP contribution in [0.1, 0.15) is 24.2 Å². The second kappa shape index (κ2) is 8.73. The van der Waals surface area contributed by atoms with E-state index in [1.54, 1.807) is 24.2 Å². The number of aryl methyl sites for hydroxylation is 1. The van der Waals surface area contributed by atoms with Gasteiger partial charge in [-0.25, -0.2) is 9.97 Å². The number of fused-ring (bicyclic) bond motifs is 1. The van der Waals surface area contributed by atoms with Gasteiger partial charge in [-0.3, -0.25) is 14.8 Å². The van der Waals surface area contributed by atoms with Gasteiger partial charge in [0.2, 0.25) is 5.88 Å². The molecule has 4 aromatic rings. The quantitative estimate of drug-likeness (QED) is 0.467. The second-order valence-corrected chi connectivity index (χ2v) is 7.95. The van der Waals surface area contributed by atoms with E-state index in [0.717, 1.165) is 34.6 Å². The lowest BCUT2D eigenvalue weighted by atomic mass is 10.1. The molecule has 3 aromatic heterocycles. The molecule has 0 radical (unpaired) electrons. The first kappa shape index (κ1) is 20.8. The molecule has 0 spiro atoms. The van der Waals surface area contributed by atoms with Crippen LogP contribution in [0, 0.1) is 0 Å². The topological polar surface area (TPSA) is 85.2 Å². The standard InChI is InChI=1S/C22H24N6O2S/c1-5-28(6-2)16-9-7-14(8-10-16)20(29)26-22-25-18-19(31-22)17(12-23-21(18)30-4)15-11-24-27(3)13-15/h7-13H,5-6H2,1-4H3,(H,25,26,29). The minimum Gasteiger partial charge on any atom is -0.479 e. The van der Waals surface area contributed by atoms with Gasteiger partial charge in [0.05, 0.1) is 18.0 Å². The number of nitrogens with zero attached hydrogens (tertiary/aromatic N) is 5. The van der Waals surface area contributed by atoms with Crippen LogP contribution in [0.15, 0.2) is 42.9 Å². The summed E-state index contributed by atoms with van der Waals surface area (Å²) >= 11 is 1.39. The van der Waals surface area contributed by atoms with Gasteiger partial charge in [-0.05, 0) is 38.1 Å². The zero-order valence-electron chi connectivity index (χ0n) is 17.9. The number of hydrogen-bond donors (Lipinski definition) is 1. The van der Waals surface area contributed by atoms with Crippen molar-refractivity contribution in [2.75, 3.05) is 30.4 Å². The Morgan fingerprint density at radius 1 is 1.19 bits per heavy atom. The Labute approximate surface area is 184 Å². The van der Waals surface area contributed by atoms with Crippen molar-refractivity contribution >= 4 is 38.3 Å². The van der Waals surface area contributed by atoms with Crippen LogP contribution in [0.3, 0.4) is 0 Å². The fourth-order valence-corrected chi connectivity index (χ4v) is 4.43. The molecule has 0 unspecified atom stereocenters. The molecule has 9 heteroatoms. The Morgan fingerprint density at radius 2 is 1.94 bits per heavy atom. The predicted octanol–water partition coefficient (Wildman–Crippen LogP) is 4.20. The van der Waals surface area contributed by atoms with Crippen LogP contribution < -0.4 is 15.0 Å². The summed E-state index contributed by atoms with van der Waals surface area (Å²) in [4.78, 5) is 24.0. The number of hydrogen-bond acceptors (Lipinski definition) is 7. The number of amides is 1. The molecule has 0 aliphatic heterocycles. The molecule has 0 aliphatic carbocycles. The fraction of sp³-hybridized carbons (Fsp3) is 0.273. The second-order valence-electron chi connectivity index (χ2n) is 6.95. The Morgan fingerprint density at radius 3 is 2.55 bits per heavy atom. The molecular weight excluding hydrogens is 412 g/mol. The van der Waals surface area contributed by atoms with Crippen LogP contribution in [-0.2, 0) is 7.05 Å². The monoisotopic (exact) mass is 436 g/mol. The minimum atomic E-state index is -0.208. The number of carbonyl (C=O) groups excluding carboxylic acids is 1. The molecule has 4 rings (SSSR count). The van der Waals surface area contributed by atoms with E-state index in [1.807, 2.05) is 37.5 Å². The lowest BCUT2D eigenvalue weighted by Crippen LogP contribution is -2.21. The number of ether oxygens (including phenoxy) is 1. The summed E-state index contributed by atoms with van der Waals surface area (Å²) in [6, 6.07) is 7.60. The Kier molecular flexibility index (Phi) is 5.85. The zero-order chi connectivity index (χ0) is 22.0. The van der Waals surface area contributed by atoms with Crippen molar-refractivity contribution in [1.29, 1.82) is 0 Å². The average molecular weight is 437 g/mol. The molecule has 8 nitrogen and oxygen atoms in total. The fourth-order valence-electron chi connectivity index (χ4n) is 3.44. The van der Waals surface area contributed by atoms with E-state index in [0.29, 0.717) is 22.1 Å². The first-order valence-corrected chi connectivity index (χ1v) is 10.8. The molecule has 0 saturated heterocycles. The number of methoxy groups -OCH3 is 1. The maximum atomic E-state index is 12.8. The van der Waals surface area contributed by atoms with Gasteiger partial charge in [-0.1, -0.05) is 11.3 Å². The number of thiazole rings is 1. The smallest absolute Gasteiger partial charge is 0.257 e. The first-order chi connectivity index (χ1) is 15.0. The molecule has 0 fully saturated rings. The number of anilines is 2. The average Bonchev–Trinajstić information content (AvgIpc) is 3.40. The first-order valence-electron chi connectivity index (χ1n) is 10.0. The largest absolute Gasteiger partial charge is 0.479 e. The highest BCUT2D eigenvalue weighted by molar-refractivity contribution is 7.23. The van der Waals surface area contributed by atoms with Gasteiger partial charge in [-0.2, -0.15) is 5.10 Å². The molecular formula is C22H24N6O2S. The Balaban J connectivity index is 1.63. The van der Waals surface area contributed by atoms with Gasteiger partial charge in [0.15, 0.2) is 5.13 Å². The summed E-state index contributed by atoms with van der Waals surface area (Å²) in [6.07, 6.45) is 5.44. The number of nitrogens with one attached hydrogen (secondary N) is 1. The van der Waals surface area contributed by atoms with Gasteiger partial charge in [-0.15, -0.1) is 0 Å². The van der Waals surface area contributed by atoms with E-state index in [-0.39, 0.29) is 5.91 Å². The Hall–Kier alpha value is -3.46. The normalized spacial score (nSPS) is 11.0. The van der Waals surface area contributed by atoms with Crippen LogP contribution in [0.25, 0.3) is 21.3 Å². The van der Waals surface area contributed by atoms with Gasteiger partial charge < -0.3 is 9.64 Å². The summed E-state index contributed by atoms with van der Waals surface area (Å²) in [5.41, 5.74) is 4.11. The molecule has 1 aromatic carbocycles. The third kappa shape index (κ3) is 4.09. The highest BCUT2D eigenvalue weighted by Crippen LogP contribution is 2.38. The number of aromatic nitrogens is 4. The van der Waals surface area contributed by atoms with Crippen LogP contribution in [0.4, 0.5) is 10.8 Å². The summed E-state index contributed by atoms with van der Waals surface area (Å²) in [7, 11) is 3.42. The van der Waals surface area contributed by atoms with Gasteiger partial charge in [0.1, 0.15) is 5.52 Å². The third-order valence-electron chi connectivity index (χ3n) is 5.07. The summed E-state index contributed by atoms with van der Waals surface area (Å²) in [6.45, 7) is 6.06. The highest BCUT2D eigenvalue weighted by Gasteiger charge is 2.18. The van der Waals surface area contributed by atoms with Crippen LogP contribution in [0.2, 0.25) is 0 Å². The molecule has 1 amide bonds. The molecule has 160 valence electrons. The van der Waals surface area contributed by atoms with Crippen molar-refractivity contribution in [3.63, 3.8) is 0 Å². The van der Waals surface area contributed by atoms with Crippen molar-refractivity contribution in [2.45, 2.75) is 13.8 Å². The van der Waals surface area contributed by atoms with E-state index < -0.39 is 0 Å². The summed E-state index contributed by atoms with van der Waals surface area (Å²) in [5.74, 6) is 0.211. The minimum absolute atomic E-state index is 0.208. The lowest BCUT2D eigenvalue weighted by molar-refractivity contribution is 0.102. The number of rotatable bonds is 7. The van der Waals surface area contributed by atoms with Gasteiger partial charge in [0, 0.05) is 54.9 Å². The maximum absolute atomic E-state index is 12.8. The van der Waals surface area contributed by atoms with Crippen molar-refractivity contribution in [3.05, 3.63) is 48.4 Å². The molecule has 0 bridgehead atoms. The third-order valence-corrected chi connectivity index (χ3v) is 6.08. The molecule has 3 heterocycles. The Bertz CT molecular complexity index is 1210. The maximum Gasteiger partial charge on any atom is 0.257 e. The number of benzene rings is 1. The molecule has 0 atom stereocenters. The molecule has 1 N–H and O–H groups in total. The SMILES string of the molecule is CCN(CC)c1ccc(C(=O)Nc2nc3c(OC)ncc(-c4cnn(C)c4)c3s2)cc1. The zero-order valence-corrected chi connectivity index (χ0v) is 18.7.